The smallest absolute Gasteiger partial charge is 0.193 e. The summed E-state index contributed by atoms with van der Waals surface area (Å²) < 4.78 is 2.25. The predicted octanol–water partition coefficient (Wildman–Crippen LogP) is 3.79. The van der Waals surface area contributed by atoms with E-state index in [4.69, 9.17) is 4.99 Å². The lowest BCUT2D eigenvalue weighted by atomic mass is 9.92. The molecule has 138 valence electrons. The van der Waals surface area contributed by atoms with Crippen molar-refractivity contribution in [3.05, 3.63) is 18.7 Å². The number of halogens is 1. The van der Waals surface area contributed by atoms with E-state index in [2.05, 4.69) is 60.6 Å². The van der Waals surface area contributed by atoms with E-state index in [-0.39, 0.29) is 24.0 Å². The number of nitrogens with zero attached hydrogens (tertiary/aromatic N) is 4. The van der Waals surface area contributed by atoms with E-state index >= 15 is 0 Å². The molecule has 1 aliphatic heterocycles. The molecule has 0 bridgehead atoms. The molecule has 1 N–H and O–H groups in total. The average molecular weight is 447 g/mol. The van der Waals surface area contributed by atoms with Gasteiger partial charge in [0.1, 0.15) is 0 Å². The van der Waals surface area contributed by atoms with Gasteiger partial charge in [-0.1, -0.05) is 27.7 Å². The van der Waals surface area contributed by atoms with Crippen molar-refractivity contribution >= 4 is 29.9 Å². The summed E-state index contributed by atoms with van der Waals surface area (Å²) in [7, 11) is 0. The number of likely N-dealkylation sites (tertiary alicyclic amines) is 1. The Morgan fingerprint density at radius 2 is 2.12 bits per heavy atom. The zero-order chi connectivity index (χ0) is 16.9. The Balaban J connectivity index is 0.00000288. The van der Waals surface area contributed by atoms with Crippen LogP contribution in [-0.2, 0) is 0 Å². The zero-order valence-corrected chi connectivity index (χ0v) is 18.2. The molecule has 0 aliphatic carbocycles. The fourth-order valence-electron chi connectivity index (χ4n) is 3.02. The molecule has 5 nitrogen and oxygen atoms in total. The number of guanidine groups is 1. The molecule has 1 aromatic rings. The lowest BCUT2D eigenvalue weighted by Gasteiger charge is -2.39. The molecule has 0 aromatic carbocycles. The first kappa shape index (κ1) is 21.3. The topological polar surface area (TPSA) is 45.5 Å². The molecule has 0 radical (unpaired) electrons. The van der Waals surface area contributed by atoms with E-state index in [1.165, 1.54) is 6.42 Å². The molecule has 2 rings (SSSR count). The van der Waals surface area contributed by atoms with Crippen LogP contribution in [-0.4, -0.2) is 46.6 Å². The average Bonchev–Trinajstić information content (AvgIpc) is 3.00. The first-order valence-corrected chi connectivity index (χ1v) is 8.91. The van der Waals surface area contributed by atoms with Crippen molar-refractivity contribution in [3.63, 3.8) is 0 Å². The summed E-state index contributed by atoms with van der Waals surface area (Å²) in [5.74, 6) is 1.73. The van der Waals surface area contributed by atoms with E-state index in [1.807, 2.05) is 12.5 Å². The zero-order valence-electron chi connectivity index (χ0n) is 15.8. The van der Waals surface area contributed by atoms with Gasteiger partial charge in [0.25, 0.3) is 0 Å². The Morgan fingerprint density at radius 1 is 1.38 bits per heavy atom. The molecule has 2 heterocycles. The van der Waals surface area contributed by atoms with E-state index in [0.29, 0.717) is 17.4 Å². The summed E-state index contributed by atoms with van der Waals surface area (Å²) in [4.78, 5) is 11.5. The van der Waals surface area contributed by atoms with Crippen LogP contribution in [0.25, 0.3) is 0 Å². The van der Waals surface area contributed by atoms with Gasteiger partial charge in [-0.15, -0.1) is 24.0 Å². The Bertz CT molecular complexity index is 492. The molecule has 1 aliphatic rings. The van der Waals surface area contributed by atoms with Crippen molar-refractivity contribution in [2.75, 3.05) is 26.2 Å². The minimum Gasteiger partial charge on any atom is -0.357 e. The van der Waals surface area contributed by atoms with Gasteiger partial charge in [0.15, 0.2) is 5.96 Å². The van der Waals surface area contributed by atoms with Crippen LogP contribution in [0.4, 0.5) is 0 Å². The maximum Gasteiger partial charge on any atom is 0.193 e. The lowest BCUT2D eigenvalue weighted by Crippen LogP contribution is -2.49. The molecule has 24 heavy (non-hydrogen) atoms. The SMILES string of the molecule is CCNC(=NCCC(C)(C)C)N1CCC(C)C(n2ccnc2)C1.I. The van der Waals surface area contributed by atoms with Crippen LogP contribution >= 0.6 is 24.0 Å². The Morgan fingerprint density at radius 3 is 2.71 bits per heavy atom. The Hall–Kier alpha value is -0.790. The van der Waals surface area contributed by atoms with Crippen LogP contribution in [0, 0.1) is 11.3 Å². The quantitative estimate of drug-likeness (QED) is 0.434. The third kappa shape index (κ3) is 6.26. The largest absolute Gasteiger partial charge is 0.357 e. The highest BCUT2D eigenvalue weighted by atomic mass is 127. The molecule has 0 spiro atoms. The minimum absolute atomic E-state index is 0. The standard InChI is InChI=1S/C18H33N5.HI/c1-6-20-17(21-9-8-18(3,4)5)22-11-7-15(2)16(13-22)23-12-10-19-14-23;/h10,12,14-16H,6-9,11,13H2,1-5H3,(H,20,21);1H. The first-order chi connectivity index (χ1) is 10.9. The summed E-state index contributed by atoms with van der Waals surface area (Å²) >= 11 is 0. The van der Waals surface area contributed by atoms with Crippen molar-refractivity contribution < 1.29 is 0 Å². The highest BCUT2D eigenvalue weighted by molar-refractivity contribution is 14.0. The fraction of sp³-hybridized carbons (Fsp3) is 0.778. The van der Waals surface area contributed by atoms with Crippen molar-refractivity contribution in [1.29, 1.82) is 0 Å². The summed E-state index contributed by atoms with van der Waals surface area (Å²) in [5, 5.41) is 3.47. The number of nitrogens with one attached hydrogen (secondary N) is 1. The molecule has 0 saturated carbocycles. The highest BCUT2D eigenvalue weighted by Crippen LogP contribution is 2.27. The van der Waals surface area contributed by atoms with Gasteiger partial charge in [-0.05, 0) is 31.1 Å². The van der Waals surface area contributed by atoms with Gasteiger partial charge < -0.3 is 14.8 Å². The highest BCUT2D eigenvalue weighted by Gasteiger charge is 2.28. The predicted molar refractivity (Wildman–Crippen MR) is 112 cm³/mol. The van der Waals surface area contributed by atoms with Crippen molar-refractivity contribution in [2.45, 2.75) is 53.5 Å². The Labute approximate surface area is 164 Å². The van der Waals surface area contributed by atoms with Crippen LogP contribution in [0.1, 0.15) is 53.5 Å². The maximum absolute atomic E-state index is 4.87. The second-order valence-electron chi connectivity index (χ2n) is 7.84. The van der Waals surface area contributed by atoms with Crippen molar-refractivity contribution in [2.24, 2.45) is 16.3 Å². The third-order valence-corrected chi connectivity index (χ3v) is 4.58. The molecule has 2 unspecified atom stereocenters. The fourth-order valence-corrected chi connectivity index (χ4v) is 3.02. The van der Waals surface area contributed by atoms with Crippen LogP contribution in [0.15, 0.2) is 23.7 Å². The number of aliphatic imine (C=N–C) groups is 1. The second-order valence-corrected chi connectivity index (χ2v) is 7.84. The van der Waals surface area contributed by atoms with E-state index in [0.717, 1.165) is 38.6 Å². The molecule has 0 amide bonds. The van der Waals surface area contributed by atoms with Crippen molar-refractivity contribution in [1.82, 2.24) is 19.8 Å². The maximum atomic E-state index is 4.87. The number of hydrogen-bond acceptors (Lipinski definition) is 2. The summed E-state index contributed by atoms with van der Waals surface area (Å²) in [6.45, 7) is 15.2. The molecule has 1 fully saturated rings. The molecule has 1 aromatic heterocycles. The second kappa shape index (κ2) is 9.63. The monoisotopic (exact) mass is 447 g/mol. The normalized spacial score (nSPS) is 22.2. The van der Waals surface area contributed by atoms with Crippen LogP contribution in [0.5, 0.6) is 0 Å². The van der Waals surface area contributed by atoms with Crippen LogP contribution < -0.4 is 5.32 Å². The third-order valence-electron chi connectivity index (χ3n) is 4.58. The Kier molecular flexibility index (Phi) is 8.53. The molecular weight excluding hydrogens is 413 g/mol. The van der Waals surface area contributed by atoms with E-state index in [1.54, 1.807) is 0 Å². The van der Waals surface area contributed by atoms with Gasteiger partial charge in [-0.25, -0.2) is 4.98 Å². The van der Waals surface area contributed by atoms with Crippen LogP contribution in [0.3, 0.4) is 0 Å². The van der Waals surface area contributed by atoms with Gasteiger partial charge in [0, 0.05) is 38.6 Å². The van der Waals surface area contributed by atoms with Gasteiger partial charge in [0.2, 0.25) is 0 Å². The van der Waals surface area contributed by atoms with E-state index < -0.39 is 0 Å². The van der Waals surface area contributed by atoms with Gasteiger partial charge in [-0.3, -0.25) is 4.99 Å². The van der Waals surface area contributed by atoms with Gasteiger partial charge >= 0.3 is 0 Å². The lowest BCUT2D eigenvalue weighted by molar-refractivity contribution is 0.189. The molecule has 6 heteroatoms. The number of aromatic nitrogens is 2. The molecule has 2 atom stereocenters. The number of piperidine rings is 1. The number of imidazole rings is 1. The minimum atomic E-state index is 0. The van der Waals surface area contributed by atoms with E-state index in [9.17, 15) is 0 Å². The summed E-state index contributed by atoms with van der Waals surface area (Å²) in [6, 6.07) is 0.470. The summed E-state index contributed by atoms with van der Waals surface area (Å²) in [5.41, 5.74) is 0.330. The number of rotatable bonds is 4. The van der Waals surface area contributed by atoms with Gasteiger partial charge in [-0.2, -0.15) is 0 Å². The number of hydrogen-bond donors (Lipinski definition) is 1. The first-order valence-electron chi connectivity index (χ1n) is 8.91. The summed E-state index contributed by atoms with van der Waals surface area (Å²) in [6.07, 6.45) is 8.18. The molecular formula is C18H34IN5. The van der Waals surface area contributed by atoms with Crippen molar-refractivity contribution in [3.8, 4) is 0 Å². The van der Waals surface area contributed by atoms with Crippen LogP contribution in [0.2, 0.25) is 0 Å². The van der Waals surface area contributed by atoms with Gasteiger partial charge in [0.05, 0.1) is 12.4 Å². The molecule has 1 saturated heterocycles.